The van der Waals surface area contributed by atoms with Crippen molar-refractivity contribution in [1.82, 2.24) is 0 Å². The molecule has 1 nitrogen and oxygen atoms in total. The highest BCUT2D eigenvalue weighted by atomic mass is 15.3. The first-order valence-corrected chi connectivity index (χ1v) is 9.14. The molecule has 0 aliphatic heterocycles. The molecule has 0 bridgehead atoms. The lowest BCUT2D eigenvalue weighted by Crippen LogP contribution is -2.42. The number of rotatable bonds is 11. The molecule has 0 radical (unpaired) electrons. The molecule has 0 spiro atoms. The molecule has 1 aromatic carbocycles. The van der Waals surface area contributed by atoms with E-state index in [9.17, 15) is 0 Å². The Bertz CT molecular complexity index is 405. The fraction of sp³-hybridized carbons (Fsp3) is 0.619. The van der Waals surface area contributed by atoms with Gasteiger partial charge >= 0.3 is 0 Å². The summed E-state index contributed by atoms with van der Waals surface area (Å²) < 4.78 is 0.963. The average molecular weight is 303 g/mol. The molecule has 1 heteroatoms. The third kappa shape index (κ3) is 7.79. The number of benzene rings is 1. The Morgan fingerprint density at radius 1 is 0.909 bits per heavy atom. The van der Waals surface area contributed by atoms with E-state index < -0.39 is 0 Å². The maximum Gasteiger partial charge on any atom is 0.0962 e. The van der Waals surface area contributed by atoms with Crippen LogP contribution < -0.4 is 0 Å². The minimum Gasteiger partial charge on any atom is -0.300 e. The first-order valence-electron chi connectivity index (χ1n) is 9.14. The second-order valence-electron chi connectivity index (χ2n) is 7.11. The lowest BCUT2D eigenvalue weighted by Gasteiger charge is -2.32. The number of hydrogen-bond acceptors (Lipinski definition) is 0. The molecule has 22 heavy (non-hydrogen) atoms. The normalized spacial score (nSPS) is 13.6. The van der Waals surface area contributed by atoms with Crippen LogP contribution in [0, 0.1) is 0 Å². The van der Waals surface area contributed by atoms with E-state index in [1.54, 1.807) is 0 Å². The smallest absolute Gasteiger partial charge is 0.0962 e. The Balaban J connectivity index is 2.27. The van der Waals surface area contributed by atoms with Crippen molar-refractivity contribution in [2.45, 2.75) is 71.3 Å². The largest absolute Gasteiger partial charge is 0.300 e. The van der Waals surface area contributed by atoms with Crippen LogP contribution in [0.3, 0.4) is 0 Å². The van der Waals surface area contributed by atoms with Crippen molar-refractivity contribution in [1.29, 1.82) is 0 Å². The van der Waals surface area contributed by atoms with Gasteiger partial charge in [0.05, 0.1) is 26.3 Å². The zero-order valence-corrected chi connectivity index (χ0v) is 15.2. The molecule has 0 aliphatic rings. The van der Waals surface area contributed by atoms with Crippen LogP contribution >= 0.6 is 0 Å². The molecule has 0 amide bonds. The van der Waals surface area contributed by atoms with Crippen molar-refractivity contribution in [3.8, 4) is 0 Å². The standard InChI is InChI=1S/C21H36N/c1-5-6-7-8-9-10-12-15-20(2)22(3,4)19-18-21-16-13-11-14-17-21/h11,13-14,16-20H,5-10,12,15H2,1-4H3/q+1. The Hall–Kier alpha value is -1.08. The maximum atomic E-state index is 2.38. The van der Waals surface area contributed by atoms with Crippen LogP contribution in [0.15, 0.2) is 36.5 Å². The summed E-state index contributed by atoms with van der Waals surface area (Å²) in [5.74, 6) is 0. The van der Waals surface area contributed by atoms with Gasteiger partial charge < -0.3 is 0 Å². The third-order valence-electron chi connectivity index (χ3n) is 4.81. The van der Waals surface area contributed by atoms with Crippen LogP contribution in [0.4, 0.5) is 0 Å². The van der Waals surface area contributed by atoms with Gasteiger partial charge in [0.1, 0.15) is 0 Å². The molecule has 0 saturated heterocycles. The maximum absolute atomic E-state index is 2.38. The Labute approximate surface area is 138 Å². The monoisotopic (exact) mass is 302 g/mol. The van der Waals surface area contributed by atoms with Gasteiger partial charge in [0.25, 0.3) is 0 Å². The Morgan fingerprint density at radius 3 is 2.14 bits per heavy atom. The molecule has 1 unspecified atom stereocenters. The van der Waals surface area contributed by atoms with Crippen LogP contribution in [0.5, 0.6) is 0 Å². The van der Waals surface area contributed by atoms with Gasteiger partial charge in [-0.15, -0.1) is 0 Å². The summed E-state index contributed by atoms with van der Waals surface area (Å²) in [6.07, 6.45) is 15.7. The zero-order chi connectivity index (χ0) is 16.3. The van der Waals surface area contributed by atoms with Gasteiger partial charge in [-0.1, -0.05) is 75.8 Å². The average Bonchev–Trinajstić information content (AvgIpc) is 2.53. The highest BCUT2D eigenvalue weighted by Crippen LogP contribution is 2.17. The number of unbranched alkanes of at least 4 members (excludes halogenated alkanes) is 6. The van der Waals surface area contributed by atoms with E-state index >= 15 is 0 Å². The molecule has 0 aromatic heterocycles. The quantitative estimate of drug-likeness (QED) is 0.334. The molecule has 0 aliphatic carbocycles. The fourth-order valence-electron chi connectivity index (χ4n) is 2.72. The van der Waals surface area contributed by atoms with E-state index in [-0.39, 0.29) is 0 Å². The van der Waals surface area contributed by atoms with Gasteiger partial charge in [0, 0.05) is 0 Å². The Morgan fingerprint density at radius 2 is 1.50 bits per heavy atom. The molecular formula is C21H36N+. The number of hydrogen-bond donors (Lipinski definition) is 0. The first kappa shape index (κ1) is 19.0. The van der Waals surface area contributed by atoms with Crippen LogP contribution in [0.2, 0.25) is 0 Å². The summed E-state index contributed by atoms with van der Waals surface area (Å²) in [6, 6.07) is 11.3. The topological polar surface area (TPSA) is 0 Å². The summed E-state index contributed by atoms with van der Waals surface area (Å²) >= 11 is 0. The number of quaternary nitrogens is 1. The van der Waals surface area contributed by atoms with Crippen molar-refractivity contribution >= 4 is 6.08 Å². The molecule has 0 fully saturated rings. The van der Waals surface area contributed by atoms with Gasteiger partial charge in [-0.25, -0.2) is 0 Å². The van der Waals surface area contributed by atoms with Crippen LogP contribution in [0.25, 0.3) is 6.08 Å². The molecule has 1 atom stereocenters. The summed E-state index contributed by atoms with van der Waals surface area (Å²) in [4.78, 5) is 0. The van der Waals surface area contributed by atoms with E-state index in [0.717, 1.165) is 4.48 Å². The fourth-order valence-corrected chi connectivity index (χ4v) is 2.72. The van der Waals surface area contributed by atoms with Crippen molar-refractivity contribution in [2.75, 3.05) is 14.1 Å². The lowest BCUT2D eigenvalue weighted by molar-refractivity contribution is -0.863. The van der Waals surface area contributed by atoms with E-state index in [2.05, 4.69) is 70.6 Å². The van der Waals surface area contributed by atoms with Crippen LogP contribution in [-0.4, -0.2) is 24.6 Å². The van der Waals surface area contributed by atoms with Gasteiger partial charge in [0.15, 0.2) is 0 Å². The molecule has 1 aromatic rings. The molecule has 1 rings (SSSR count). The summed E-state index contributed by atoms with van der Waals surface area (Å²) in [5.41, 5.74) is 1.29. The highest BCUT2D eigenvalue weighted by molar-refractivity contribution is 5.47. The lowest BCUT2D eigenvalue weighted by atomic mass is 10.0. The van der Waals surface area contributed by atoms with E-state index in [0.29, 0.717) is 6.04 Å². The third-order valence-corrected chi connectivity index (χ3v) is 4.81. The van der Waals surface area contributed by atoms with Gasteiger partial charge in [-0.05, 0) is 31.4 Å². The molecule has 0 saturated carbocycles. The summed E-state index contributed by atoms with van der Waals surface area (Å²) in [6.45, 7) is 4.66. The molecular weight excluding hydrogens is 266 g/mol. The first-order chi connectivity index (χ1) is 10.6. The highest BCUT2D eigenvalue weighted by Gasteiger charge is 2.20. The second-order valence-corrected chi connectivity index (χ2v) is 7.11. The van der Waals surface area contributed by atoms with E-state index in [1.807, 2.05) is 0 Å². The predicted octanol–water partition coefficient (Wildman–Crippen LogP) is 6.26. The molecule has 0 N–H and O–H groups in total. The van der Waals surface area contributed by atoms with Gasteiger partial charge in [0.2, 0.25) is 0 Å². The van der Waals surface area contributed by atoms with Crippen molar-refractivity contribution in [2.24, 2.45) is 0 Å². The van der Waals surface area contributed by atoms with E-state index in [4.69, 9.17) is 0 Å². The minimum absolute atomic E-state index is 0.676. The summed E-state index contributed by atoms with van der Waals surface area (Å²) in [5, 5.41) is 0. The zero-order valence-electron chi connectivity index (χ0n) is 15.2. The Kier molecular flexibility index (Phi) is 9.15. The van der Waals surface area contributed by atoms with Crippen LogP contribution in [-0.2, 0) is 0 Å². The van der Waals surface area contributed by atoms with Crippen molar-refractivity contribution < 1.29 is 4.48 Å². The van der Waals surface area contributed by atoms with Crippen molar-refractivity contribution in [3.63, 3.8) is 0 Å². The van der Waals surface area contributed by atoms with Gasteiger partial charge in [-0.3, -0.25) is 4.48 Å². The van der Waals surface area contributed by atoms with Gasteiger partial charge in [-0.2, -0.15) is 0 Å². The minimum atomic E-state index is 0.676. The van der Waals surface area contributed by atoms with Crippen LogP contribution in [0.1, 0.15) is 70.8 Å². The van der Waals surface area contributed by atoms with E-state index in [1.165, 1.54) is 56.9 Å². The second kappa shape index (κ2) is 10.6. The summed E-state index contributed by atoms with van der Waals surface area (Å²) in [7, 11) is 4.62. The SMILES string of the molecule is CCCCCCCCCC(C)[N+](C)(C)C=Cc1ccccc1. The predicted molar refractivity (Wildman–Crippen MR) is 99.7 cm³/mol. The molecule has 124 valence electrons. The van der Waals surface area contributed by atoms with Crippen molar-refractivity contribution in [3.05, 3.63) is 42.1 Å². The number of nitrogens with zero attached hydrogens (tertiary/aromatic N) is 1. The molecule has 0 heterocycles.